The lowest BCUT2D eigenvalue weighted by Gasteiger charge is -2.21. The molecule has 2 unspecified atom stereocenters. The van der Waals surface area contributed by atoms with E-state index in [0.29, 0.717) is 11.4 Å². The molecule has 7 nitrogen and oxygen atoms in total. The Morgan fingerprint density at radius 2 is 1.66 bits per heavy atom. The van der Waals surface area contributed by atoms with E-state index in [1.54, 1.807) is 18.2 Å². The van der Waals surface area contributed by atoms with Crippen molar-refractivity contribution in [3.05, 3.63) is 59.2 Å². The van der Waals surface area contributed by atoms with Crippen LogP contribution in [0.4, 0.5) is 5.69 Å². The zero-order chi connectivity index (χ0) is 23.9. The summed E-state index contributed by atoms with van der Waals surface area (Å²) in [4.78, 5) is 25.5. The van der Waals surface area contributed by atoms with Crippen LogP contribution in [0.15, 0.2) is 47.4 Å². The highest BCUT2D eigenvalue weighted by Crippen LogP contribution is 2.22. The first-order valence-corrected chi connectivity index (χ1v) is 13.1. The number of rotatable bonds is 10. The van der Waals surface area contributed by atoms with E-state index in [1.807, 2.05) is 39.2 Å². The van der Waals surface area contributed by atoms with Crippen molar-refractivity contribution in [1.82, 2.24) is 4.72 Å². The second-order valence-corrected chi connectivity index (χ2v) is 10.3. The number of nitrogens with one attached hydrogen (secondary N) is 2. The van der Waals surface area contributed by atoms with E-state index in [4.69, 9.17) is 4.74 Å². The summed E-state index contributed by atoms with van der Waals surface area (Å²) in [6.45, 7) is 7.22. The summed E-state index contributed by atoms with van der Waals surface area (Å²) < 4.78 is 33.1. The number of amides is 1. The minimum Gasteiger partial charge on any atom is -0.451 e. The maximum absolute atomic E-state index is 12.8. The zero-order valence-corrected chi connectivity index (χ0v) is 20.6. The summed E-state index contributed by atoms with van der Waals surface area (Å²) in [5, 5.41) is 2.81. The van der Waals surface area contributed by atoms with Crippen LogP contribution in [-0.4, -0.2) is 44.4 Å². The summed E-state index contributed by atoms with van der Waals surface area (Å²) in [5.41, 5.74) is 3.57. The smallest absolute Gasteiger partial charge is 0.324 e. The van der Waals surface area contributed by atoms with Crippen molar-refractivity contribution in [3.63, 3.8) is 0 Å². The first kappa shape index (κ1) is 25.9. The minimum atomic E-state index is -3.92. The molecular weight excluding hydrogens is 448 g/mol. The molecule has 2 rings (SSSR count). The molecule has 0 radical (unpaired) electrons. The van der Waals surface area contributed by atoms with E-state index in [0.717, 1.165) is 16.7 Å². The van der Waals surface area contributed by atoms with Crippen molar-refractivity contribution >= 4 is 39.3 Å². The lowest BCUT2D eigenvalue weighted by atomic mass is 10.0. The quantitative estimate of drug-likeness (QED) is 0.506. The van der Waals surface area contributed by atoms with Gasteiger partial charge in [-0.25, -0.2) is 8.42 Å². The molecule has 0 aliphatic carbocycles. The summed E-state index contributed by atoms with van der Waals surface area (Å²) in [6, 6.07) is 10.6. The SMILES string of the molecule is CSCCC(NS(=O)(=O)c1ccccc1)C(=O)OC(C)C(=O)Nc1c(C)cc(C)cc1C. The topological polar surface area (TPSA) is 102 Å². The lowest BCUT2D eigenvalue weighted by molar-refractivity contribution is -0.154. The van der Waals surface area contributed by atoms with Crippen molar-refractivity contribution in [1.29, 1.82) is 0 Å². The first-order chi connectivity index (χ1) is 15.0. The van der Waals surface area contributed by atoms with Gasteiger partial charge < -0.3 is 10.1 Å². The number of sulfonamides is 1. The van der Waals surface area contributed by atoms with Crippen LogP contribution in [0.3, 0.4) is 0 Å². The van der Waals surface area contributed by atoms with Crippen LogP contribution in [0.2, 0.25) is 0 Å². The number of carbonyl (C=O) groups excluding carboxylic acids is 2. The molecule has 0 saturated heterocycles. The van der Waals surface area contributed by atoms with Crippen LogP contribution >= 0.6 is 11.8 Å². The number of carbonyl (C=O) groups is 2. The monoisotopic (exact) mass is 478 g/mol. The van der Waals surface area contributed by atoms with Gasteiger partial charge in [-0.05, 0) is 69.4 Å². The van der Waals surface area contributed by atoms with Gasteiger partial charge in [0.2, 0.25) is 10.0 Å². The summed E-state index contributed by atoms with van der Waals surface area (Å²) in [7, 11) is -3.92. The predicted molar refractivity (Wildman–Crippen MR) is 128 cm³/mol. The first-order valence-electron chi connectivity index (χ1n) is 10.2. The fourth-order valence-corrected chi connectivity index (χ4v) is 4.94. The number of anilines is 1. The van der Waals surface area contributed by atoms with E-state index >= 15 is 0 Å². The fraction of sp³-hybridized carbons (Fsp3) is 0.391. The van der Waals surface area contributed by atoms with E-state index in [-0.39, 0.29) is 11.3 Å². The van der Waals surface area contributed by atoms with Crippen LogP contribution in [0, 0.1) is 20.8 Å². The third kappa shape index (κ3) is 7.08. The van der Waals surface area contributed by atoms with Crippen molar-refractivity contribution in [3.8, 4) is 0 Å². The summed E-state index contributed by atoms with van der Waals surface area (Å²) >= 11 is 1.48. The van der Waals surface area contributed by atoms with Gasteiger partial charge in [0.1, 0.15) is 6.04 Å². The van der Waals surface area contributed by atoms with Gasteiger partial charge in [-0.1, -0.05) is 35.9 Å². The lowest BCUT2D eigenvalue weighted by Crippen LogP contribution is -2.44. The number of esters is 1. The van der Waals surface area contributed by atoms with Crippen molar-refractivity contribution in [2.45, 2.75) is 51.2 Å². The molecule has 2 aromatic carbocycles. The Morgan fingerprint density at radius 3 is 2.22 bits per heavy atom. The molecule has 1 amide bonds. The molecule has 0 aromatic heterocycles. The summed E-state index contributed by atoms with van der Waals surface area (Å²) in [6.07, 6.45) is 0.994. The number of ether oxygens (including phenoxy) is 1. The molecule has 9 heteroatoms. The Balaban J connectivity index is 2.11. The van der Waals surface area contributed by atoms with Gasteiger partial charge in [0, 0.05) is 5.69 Å². The third-order valence-electron chi connectivity index (χ3n) is 4.83. The molecule has 0 heterocycles. The van der Waals surface area contributed by atoms with Gasteiger partial charge in [0.25, 0.3) is 5.91 Å². The molecule has 174 valence electrons. The van der Waals surface area contributed by atoms with E-state index in [9.17, 15) is 18.0 Å². The molecule has 0 bridgehead atoms. The fourth-order valence-electron chi connectivity index (χ4n) is 3.23. The molecule has 0 saturated carbocycles. The second kappa shape index (κ2) is 11.5. The van der Waals surface area contributed by atoms with Gasteiger partial charge in [-0.15, -0.1) is 0 Å². The standard InChI is InChI=1S/C23H30N2O5S2/c1-15-13-16(2)21(17(3)14-15)24-22(26)18(4)30-23(27)20(11-12-31-5)25-32(28,29)19-9-7-6-8-10-19/h6-10,13-14,18,20,25H,11-12H2,1-5H3,(H,24,26). The molecule has 0 spiro atoms. The van der Waals surface area contributed by atoms with Gasteiger partial charge >= 0.3 is 5.97 Å². The Hall–Kier alpha value is -2.36. The van der Waals surface area contributed by atoms with E-state index in [1.165, 1.54) is 30.8 Å². The average Bonchev–Trinajstić information content (AvgIpc) is 2.73. The molecule has 2 atom stereocenters. The highest BCUT2D eigenvalue weighted by Gasteiger charge is 2.29. The van der Waals surface area contributed by atoms with Gasteiger partial charge in [-0.3, -0.25) is 9.59 Å². The van der Waals surface area contributed by atoms with Gasteiger partial charge in [-0.2, -0.15) is 16.5 Å². The van der Waals surface area contributed by atoms with Crippen LogP contribution in [0.5, 0.6) is 0 Å². The Kier molecular flexibility index (Phi) is 9.30. The average molecular weight is 479 g/mol. The van der Waals surface area contributed by atoms with Gasteiger partial charge in [0.15, 0.2) is 6.10 Å². The molecular formula is C23H30N2O5S2. The maximum atomic E-state index is 12.8. The van der Waals surface area contributed by atoms with Crippen molar-refractivity contribution in [2.24, 2.45) is 0 Å². The van der Waals surface area contributed by atoms with Crippen LogP contribution < -0.4 is 10.0 Å². The number of aryl methyl sites for hydroxylation is 3. The molecule has 0 aliphatic rings. The van der Waals surface area contributed by atoms with E-state index in [2.05, 4.69) is 10.0 Å². The van der Waals surface area contributed by atoms with Crippen LogP contribution in [0.25, 0.3) is 0 Å². The minimum absolute atomic E-state index is 0.0538. The molecule has 2 aromatic rings. The molecule has 0 fully saturated rings. The van der Waals surface area contributed by atoms with Crippen molar-refractivity contribution in [2.75, 3.05) is 17.3 Å². The van der Waals surface area contributed by atoms with Crippen LogP contribution in [-0.2, 0) is 24.3 Å². The highest BCUT2D eigenvalue weighted by atomic mass is 32.2. The Bertz CT molecular complexity index is 1030. The van der Waals surface area contributed by atoms with Gasteiger partial charge in [0.05, 0.1) is 4.90 Å². The number of thioether (sulfide) groups is 1. The normalized spacial score (nSPS) is 13.3. The largest absolute Gasteiger partial charge is 0.451 e. The number of hydrogen-bond donors (Lipinski definition) is 2. The third-order valence-corrected chi connectivity index (χ3v) is 6.97. The number of benzene rings is 2. The predicted octanol–water partition coefficient (Wildman–Crippen LogP) is 3.58. The Morgan fingerprint density at radius 1 is 1.06 bits per heavy atom. The molecule has 32 heavy (non-hydrogen) atoms. The molecule has 2 N–H and O–H groups in total. The highest BCUT2D eigenvalue weighted by molar-refractivity contribution is 7.98. The molecule has 0 aliphatic heterocycles. The van der Waals surface area contributed by atoms with Crippen LogP contribution in [0.1, 0.15) is 30.0 Å². The zero-order valence-electron chi connectivity index (χ0n) is 19.0. The van der Waals surface area contributed by atoms with E-state index < -0.39 is 34.0 Å². The van der Waals surface area contributed by atoms with Crippen molar-refractivity contribution < 1.29 is 22.7 Å². The second-order valence-electron chi connectivity index (χ2n) is 7.61. The maximum Gasteiger partial charge on any atom is 0.324 e. The summed E-state index contributed by atoms with van der Waals surface area (Å²) in [5.74, 6) is -0.735. The number of hydrogen-bond acceptors (Lipinski definition) is 6. The Labute approximate surface area is 194 Å².